The number of hydrogen-bond acceptors (Lipinski definition) is 9. The van der Waals surface area contributed by atoms with Crippen molar-refractivity contribution in [1.29, 1.82) is 0 Å². The number of benzene rings is 1. The highest BCUT2D eigenvalue weighted by Crippen LogP contribution is 2.29. The van der Waals surface area contributed by atoms with E-state index in [2.05, 4.69) is 50.3 Å². The third kappa shape index (κ3) is 4.88. The van der Waals surface area contributed by atoms with Gasteiger partial charge in [-0.3, -0.25) is 9.78 Å². The maximum atomic E-state index is 12.6. The van der Waals surface area contributed by atoms with Gasteiger partial charge in [-0.05, 0) is 31.0 Å². The third-order valence-corrected chi connectivity index (χ3v) is 7.03. The van der Waals surface area contributed by atoms with Crippen molar-refractivity contribution in [1.82, 2.24) is 25.1 Å². The van der Waals surface area contributed by atoms with Gasteiger partial charge in [-0.25, -0.2) is 4.98 Å². The smallest absolute Gasteiger partial charge is 0.233 e. The van der Waals surface area contributed by atoms with Crippen LogP contribution in [0, 0.1) is 13.8 Å². The van der Waals surface area contributed by atoms with Crippen LogP contribution in [-0.4, -0.2) is 62.9 Å². The van der Waals surface area contributed by atoms with Crippen molar-refractivity contribution >= 4 is 45.6 Å². The molecule has 10 heteroatoms. The minimum absolute atomic E-state index is 0.123. The number of aryl methyl sites for hydroxylation is 1. The lowest BCUT2D eigenvalue weighted by molar-refractivity contribution is -0.128. The molecule has 0 unspecified atom stereocenters. The van der Waals surface area contributed by atoms with E-state index in [0.29, 0.717) is 18.8 Å². The molecule has 30 heavy (non-hydrogen) atoms. The fraction of sp³-hybridized carbons (Fsp3) is 0.350. The van der Waals surface area contributed by atoms with Crippen LogP contribution in [0.2, 0.25) is 0 Å². The summed E-state index contributed by atoms with van der Waals surface area (Å²) in [5.74, 6) is 1.35. The maximum absolute atomic E-state index is 12.6. The summed E-state index contributed by atoms with van der Waals surface area (Å²) in [6.45, 7) is 7.06. The summed E-state index contributed by atoms with van der Waals surface area (Å²) in [6, 6.07) is 6.13. The molecule has 0 saturated carbocycles. The van der Waals surface area contributed by atoms with Gasteiger partial charge in [-0.2, -0.15) is 0 Å². The lowest BCUT2D eigenvalue weighted by atomic mass is 10.1. The van der Waals surface area contributed by atoms with E-state index in [1.807, 2.05) is 17.0 Å². The first kappa shape index (κ1) is 20.5. The number of carbonyl (C=O) groups is 1. The van der Waals surface area contributed by atoms with Crippen molar-refractivity contribution in [3.05, 3.63) is 47.9 Å². The van der Waals surface area contributed by atoms with Crippen molar-refractivity contribution in [3.63, 3.8) is 0 Å². The van der Waals surface area contributed by atoms with Gasteiger partial charge in [0, 0.05) is 44.3 Å². The number of nitrogens with one attached hydrogen (secondary N) is 1. The van der Waals surface area contributed by atoms with E-state index >= 15 is 0 Å². The molecule has 1 amide bonds. The van der Waals surface area contributed by atoms with Gasteiger partial charge in [0.15, 0.2) is 4.34 Å². The molecule has 1 fully saturated rings. The minimum atomic E-state index is 0.123. The Balaban J connectivity index is 1.26. The zero-order valence-corrected chi connectivity index (χ0v) is 18.5. The van der Waals surface area contributed by atoms with Gasteiger partial charge in [-0.1, -0.05) is 35.2 Å². The highest BCUT2D eigenvalue weighted by molar-refractivity contribution is 8.01. The molecule has 2 aromatic heterocycles. The highest BCUT2D eigenvalue weighted by Gasteiger charge is 2.22. The summed E-state index contributed by atoms with van der Waals surface area (Å²) >= 11 is 2.90. The number of nitrogens with zero attached hydrogens (tertiary/aromatic N) is 6. The first-order valence-electron chi connectivity index (χ1n) is 9.68. The summed E-state index contributed by atoms with van der Waals surface area (Å²) in [4.78, 5) is 25.1. The molecule has 3 aromatic rings. The Morgan fingerprint density at radius 2 is 2.00 bits per heavy atom. The van der Waals surface area contributed by atoms with E-state index in [-0.39, 0.29) is 5.91 Å². The van der Waals surface area contributed by atoms with E-state index in [4.69, 9.17) is 0 Å². The summed E-state index contributed by atoms with van der Waals surface area (Å²) < 4.78 is 0.786. The standard InChI is InChI=1S/C20H23N7OS2/c1-14-4-3-5-16(15(14)2)23-19-24-25-20(30-19)29-13-18(28)27-10-8-26(9-11-27)17-12-21-6-7-22-17/h3-7,12H,8-11,13H2,1-2H3,(H,23,24). The molecule has 1 aliphatic rings. The van der Waals surface area contributed by atoms with Crippen LogP contribution >= 0.6 is 23.1 Å². The van der Waals surface area contributed by atoms with Crippen LogP contribution in [-0.2, 0) is 4.79 Å². The van der Waals surface area contributed by atoms with Crippen LogP contribution in [0.25, 0.3) is 0 Å². The molecule has 0 bridgehead atoms. The van der Waals surface area contributed by atoms with Crippen molar-refractivity contribution in [3.8, 4) is 0 Å². The quantitative estimate of drug-likeness (QED) is 0.584. The SMILES string of the molecule is Cc1cccc(Nc2nnc(SCC(=O)N3CCN(c4cnccn4)CC3)s2)c1C. The second-order valence-electron chi connectivity index (χ2n) is 6.97. The van der Waals surface area contributed by atoms with Gasteiger partial charge in [0.2, 0.25) is 11.0 Å². The monoisotopic (exact) mass is 441 g/mol. The molecular formula is C20H23N7OS2. The number of hydrogen-bond donors (Lipinski definition) is 1. The average molecular weight is 442 g/mol. The van der Waals surface area contributed by atoms with E-state index in [0.717, 1.165) is 34.1 Å². The Labute approximate surface area is 183 Å². The molecule has 4 rings (SSSR count). The largest absolute Gasteiger partial charge is 0.352 e. The minimum Gasteiger partial charge on any atom is -0.352 e. The van der Waals surface area contributed by atoms with Gasteiger partial charge >= 0.3 is 0 Å². The zero-order valence-electron chi connectivity index (χ0n) is 16.9. The molecule has 0 spiro atoms. The average Bonchev–Trinajstić information content (AvgIpc) is 3.23. The molecule has 1 saturated heterocycles. The molecule has 1 N–H and O–H groups in total. The topological polar surface area (TPSA) is 87.1 Å². The lowest BCUT2D eigenvalue weighted by Gasteiger charge is -2.35. The van der Waals surface area contributed by atoms with Crippen LogP contribution in [0.1, 0.15) is 11.1 Å². The Morgan fingerprint density at radius 3 is 2.77 bits per heavy atom. The molecule has 1 aromatic carbocycles. The molecule has 8 nitrogen and oxygen atoms in total. The van der Waals surface area contributed by atoms with E-state index in [1.54, 1.807) is 18.6 Å². The maximum Gasteiger partial charge on any atom is 0.233 e. The molecule has 1 aliphatic heterocycles. The number of aromatic nitrogens is 4. The van der Waals surface area contributed by atoms with Crippen LogP contribution in [0.4, 0.5) is 16.6 Å². The van der Waals surface area contributed by atoms with Crippen molar-refractivity contribution in [2.75, 3.05) is 42.1 Å². The Kier molecular flexibility index (Phi) is 6.44. The molecular weight excluding hydrogens is 418 g/mol. The van der Waals surface area contributed by atoms with Crippen LogP contribution < -0.4 is 10.2 Å². The molecule has 0 radical (unpaired) electrons. The highest BCUT2D eigenvalue weighted by atomic mass is 32.2. The summed E-state index contributed by atoms with van der Waals surface area (Å²) in [7, 11) is 0. The van der Waals surface area contributed by atoms with Crippen molar-refractivity contribution in [2.45, 2.75) is 18.2 Å². The van der Waals surface area contributed by atoms with Gasteiger partial charge in [0.1, 0.15) is 5.82 Å². The van der Waals surface area contributed by atoms with Crippen molar-refractivity contribution < 1.29 is 4.79 Å². The number of carbonyl (C=O) groups excluding carboxylic acids is 1. The second-order valence-corrected chi connectivity index (χ2v) is 9.17. The Bertz CT molecular complexity index is 1000. The number of piperazine rings is 1. The number of amides is 1. The van der Waals surface area contributed by atoms with Gasteiger partial charge in [0.05, 0.1) is 11.9 Å². The van der Waals surface area contributed by atoms with Crippen LogP contribution in [0.15, 0.2) is 41.1 Å². The van der Waals surface area contributed by atoms with Gasteiger partial charge in [-0.15, -0.1) is 10.2 Å². The fourth-order valence-corrected chi connectivity index (χ4v) is 4.84. The summed E-state index contributed by atoms with van der Waals surface area (Å²) in [6.07, 6.45) is 5.11. The number of anilines is 3. The van der Waals surface area contributed by atoms with Gasteiger partial charge < -0.3 is 15.1 Å². The third-order valence-electron chi connectivity index (χ3n) is 5.08. The summed E-state index contributed by atoms with van der Waals surface area (Å²) in [5, 5.41) is 12.5. The Hall–Kier alpha value is -2.72. The lowest BCUT2D eigenvalue weighted by Crippen LogP contribution is -2.49. The molecule has 0 atom stereocenters. The predicted molar refractivity (Wildman–Crippen MR) is 121 cm³/mol. The zero-order chi connectivity index (χ0) is 20.9. The van der Waals surface area contributed by atoms with E-state index in [9.17, 15) is 4.79 Å². The van der Waals surface area contributed by atoms with Crippen LogP contribution in [0.5, 0.6) is 0 Å². The normalized spacial score (nSPS) is 14.1. The number of rotatable bonds is 6. The Morgan fingerprint density at radius 1 is 1.17 bits per heavy atom. The number of thioether (sulfide) groups is 1. The van der Waals surface area contributed by atoms with Gasteiger partial charge in [0.25, 0.3) is 0 Å². The first-order valence-corrected chi connectivity index (χ1v) is 11.5. The molecule has 156 valence electrons. The second kappa shape index (κ2) is 9.40. The summed E-state index contributed by atoms with van der Waals surface area (Å²) in [5.41, 5.74) is 3.45. The predicted octanol–water partition coefficient (Wildman–Crippen LogP) is 3.13. The molecule has 0 aliphatic carbocycles. The van der Waals surface area contributed by atoms with Crippen molar-refractivity contribution in [2.24, 2.45) is 0 Å². The van der Waals surface area contributed by atoms with E-state index < -0.39 is 0 Å². The first-order chi connectivity index (χ1) is 14.6. The van der Waals surface area contributed by atoms with E-state index in [1.165, 1.54) is 34.2 Å². The fourth-order valence-electron chi connectivity index (χ4n) is 3.17. The van der Waals surface area contributed by atoms with Crippen LogP contribution in [0.3, 0.4) is 0 Å². The molecule has 3 heterocycles.